The summed E-state index contributed by atoms with van der Waals surface area (Å²) in [6, 6.07) is 1.85. The SMILES string of the molecule is COCc1nc(N)cc(N2CCCC(C)(C)C2)n1. The topological polar surface area (TPSA) is 64.3 Å². The number of aromatic nitrogens is 2. The van der Waals surface area contributed by atoms with E-state index in [1.165, 1.54) is 12.8 Å². The predicted molar refractivity (Wildman–Crippen MR) is 72.4 cm³/mol. The Hall–Kier alpha value is -1.36. The Morgan fingerprint density at radius 3 is 2.89 bits per heavy atom. The Balaban J connectivity index is 2.21. The van der Waals surface area contributed by atoms with Gasteiger partial charge in [-0.05, 0) is 18.3 Å². The molecule has 0 saturated carbocycles. The van der Waals surface area contributed by atoms with Gasteiger partial charge in [0, 0.05) is 26.3 Å². The van der Waals surface area contributed by atoms with Crippen LogP contribution in [0.1, 0.15) is 32.5 Å². The van der Waals surface area contributed by atoms with Crippen molar-refractivity contribution in [3.8, 4) is 0 Å². The first-order valence-corrected chi connectivity index (χ1v) is 6.37. The first-order chi connectivity index (χ1) is 8.50. The normalized spacial score (nSPS) is 18.9. The van der Waals surface area contributed by atoms with Crippen molar-refractivity contribution in [2.75, 3.05) is 30.8 Å². The van der Waals surface area contributed by atoms with Crippen LogP contribution in [0.2, 0.25) is 0 Å². The maximum atomic E-state index is 5.83. The molecule has 0 bridgehead atoms. The largest absolute Gasteiger partial charge is 0.384 e. The lowest BCUT2D eigenvalue weighted by Crippen LogP contribution is -2.40. The smallest absolute Gasteiger partial charge is 0.158 e. The van der Waals surface area contributed by atoms with Gasteiger partial charge in [0.05, 0.1) is 0 Å². The third-order valence-corrected chi connectivity index (χ3v) is 3.28. The quantitative estimate of drug-likeness (QED) is 0.886. The van der Waals surface area contributed by atoms with Gasteiger partial charge in [-0.25, -0.2) is 9.97 Å². The Bertz CT molecular complexity index is 419. The first-order valence-electron chi connectivity index (χ1n) is 6.37. The lowest BCUT2D eigenvalue weighted by Gasteiger charge is -2.38. The zero-order valence-corrected chi connectivity index (χ0v) is 11.4. The van der Waals surface area contributed by atoms with Crippen LogP contribution >= 0.6 is 0 Å². The molecule has 5 nitrogen and oxygen atoms in total. The molecule has 2 N–H and O–H groups in total. The lowest BCUT2D eigenvalue weighted by atomic mass is 9.84. The first kappa shape index (κ1) is 13.1. The fraction of sp³-hybridized carbons (Fsp3) is 0.692. The number of anilines is 2. The highest BCUT2D eigenvalue weighted by molar-refractivity contribution is 5.47. The number of rotatable bonds is 3. The number of methoxy groups -OCH3 is 1. The summed E-state index contributed by atoms with van der Waals surface area (Å²) in [5.74, 6) is 2.08. The van der Waals surface area contributed by atoms with Crippen molar-refractivity contribution >= 4 is 11.6 Å². The average Bonchev–Trinajstić information content (AvgIpc) is 2.27. The van der Waals surface area contributed by atoms with Crippen LogP contribution in [-0.4, -0.2) is 30.2 Å². The van der Waals surface area contributed by atoms with Gasteiger partial charge >= 0.3 is 0 Å². The fourth-order valence-electron chi connectivity index (χ4n) is 2.48. The van der Waals surface area contributed by atoms with E-state index < -0.39 is 0 Å². The van der Waals surface area contributed by atoms with Crippen LogP contribution in [0.4, 0.5) is 11.6 Å². The summed E-state index contributed by atoms with van der Waals surface area (Å²) in [5.41, 5.74) is 6.16. The van der Waals surface area contributed by atoms with Gasteiger partial charge in [-0.3, -0.25) is 0 Å². The molecule has 18 heavy (non-hydrogen) atoms. The highest BCUT2D eigenvalue weighted by atomic mass is 16.5. The van der Waals surface area contributed by atoms with E-state index >= 15 is 0 Å². The minimum absolute atomic E-state index is 0.333. The van der Waals surface area contributed by atoms with E-state index in [1.54, 1.807) is 7.11 Å². The van der Waals surface area contributed by atoms with Crippen LogP contribution < -0.4 is 10.6 Å². The lowest BCUT2D eigenvalue weighted by molar-refractivity contribution is 0.178. The molecule has 2 rings (SSSR count). The van der Waals surface area contributed by atoms with Crippen molar-refractivity contribution in [1.29, 1.82) is 0 Å². The number of hydrogen-bond acceptors (Lipinski definition) is 5. The van der Waals surface area contributed by atoms with Crippen molar-refractivity contribution in [2.24, 2.45) is 5.41 Å². The molecule has 1 aliphatic rings. The molecule has 1 aliphatic heterocycles. The van der Waals surface area contributed by atoms with E-state index in [4.69, 9.17) is 10.5 Å². The van der Waals surface area contributed by atoms with Gasteiger partial charge in [-0.15, -0.1) is 0 Å². The predicted octanol–water partition coefficient (Wildman–Crippen LogP) is 1.83. The molecule has 0 unspecified atom stereocenters. The van der Waals surface area contributed by atoms with E-state index in [-0.39, 0.29) is 0 Å². The minimum atomic E-state index is 0.333. The van der Waals surface area contributed by atoms with Gasteiger partial charge in [0.15, 0.2) is 5.82 Å². The third-order valence-electron chi connectivity index (χ3n) is 3.28. The van der Waals surface area contributed by atoms with E-state index in [0.29, 0.717) is 23.7 Å². The Morgan fingerprint density at radius 2 is 2.22 bits per heavy atom. The number of hydrogen-bond donors (Lipinski definition) is 1. The number of piperidine rings is 1. The molecular weight excluding hydrogens is 228 g/mol. The van der Waals surface area contributed by atoms with Gasteiger partial charge in [0.1, 0.15) is 18.2 Å². The molecule has 0 atom stereocenters. The van der Waals surface area contributed by atoms with Crippen LogP contribution in [0, 0.1) is 5.41 Å². The number of nitrogens with zero attached hydrogens (tertiary/aromatic N) is 3. The second-order valence-corrected chi connectivity index (χ2v) is 5.69. The van der Waals surface area contributed by atoms with Crippen LogP contribution in [-0.2, 0) is 11.3 Å². The van der Waals surface area contributed by atoms with E-state index in [1.807, 2.05) is 6.07 Å². The van der Waals surface area contributed by atoms with Crippen LogP contribution in [0.25, 0.3) is 0 Å². The van der Waals surface area contributed by atoms with Crippen LogP contribution in [0.15, 0.2) is 6.07 Å². The van der Waals surface area contributed by atoms with Crippen LogP contribution in [0.3, 0.4) is 0 Å². The van der Waals surface area contributed by atoms with Gasteiger partial charge in [0.25, 0.3) is 0 Å². The molecule has 0 amide bonds. The van der Waals surface area contributed by atoms with Crippen molar-refractivity contribution in [3.63, 3.8) is 0 Å². The fourth-order valence-corrected chi connectivity index (χ4v) is 2.48. The minimum Gasteiger partial charge on any atom is -0.384 e. The van der Waals surface area contributed by atoms with Crippen molar-refractivity contribution < 1.29 is 4.74 Å². The third kappa shape index (κ3) is 3.10. The molecule has 100 valence electrons. The summed E-state index contributed by atoms with van der Waals surface area (Å²) >= 11 is 0. The second kappa shape index (κ2) is 5.10. The van der Waals surface area contributed by atoms with Crippen molar-refractivity contribution in [3.05, 3.63) is 11.9 Å². The zero-order chi connectivity index (χ0) is 13.2. The maximum Gasteiger partial charge on any atom is 0.158 e. The molecule has 0 radical (unpaired) electrons. The molecule has 2 heterocycles. The number of nitrogen functional groups attached to an aromatic ring is 1. The summed E-state index contributed by atoms with van der Waals surface area (Å²) < 4.78 is 5.07. The van der Waals surface area contributed by atoms with E-state index in [9.17, 15) is 0 Å². The molecule has 5 heteroatoms. The van der Waals surface area contributed by atoms with Gasteiger partial charge in [-0.1, -0.05) is 13.8 Å². The summed E-state index contributed by atoms with van der Waals surface area (Å²) in [6.45, 7) is 7.02. The molecule has 1 fully saturated rings. The maximum absolute atomic E-state index is 5.83. The van der Waals surface area contributed by atoms with Crippen LogP contribution in [0.5, 0.6) is 0 Å². The van der Waals surface area contributed by atoms with Gasteiger partial charge in [-0.2, -0.15) is 0 Å². The molecule has 0 aliphatic carbocycles. The van der Waals surface area contributed by atoms with E-state index in [2.05, 4.69) is 28.7 Å². The highest BCUT2D eigenvalue weighted by Crippen LogP contribution is 2.31. The Labute approximate surface area is 108 Å². The molecule has 1 saturated heterocycles. The van der Waals surface area contributed by atoms with Gasteiger partial charge in [0.2, 0.25) is 0 Å². The molecular formula is C13H22N4O. The van der Waals surface area contributed by atoms with Crippen molar-refractivity contribution in [2.45, 2.75) is 33.3 Å². The molecule has 0 aromatic carbocycles. The van der Waals surface area contributed by atoms with E-state index in [0.717, 1.165) is 18.9 Å². The second-order valence-electron chi connectivity index (χ2n) is 5.69. The number of nitrogens with two attached hydrogens (primary N) is 1. The standard InChI is InChI=1S/C13H22N4O/c1-13(2)5-4-6-17(9-13)12-7-10(14)15-11(16-12)8-18-3/h7H,4-6,8-9H2,1-3H3,(H2,14,15,16). The average molecular weight is 250 g/mol. The molecule has 1 aromatic rings. The number of ether oxygens (including phenoxy) is 1. The monoisotopic (exact) mass is 250 g/mol. The molecule has 0 spiro atoms. The zero-order valence-electron chi connectivity index (χ0n) is 11.4. The summed E-state index contributed by atoms with van der Waals surface area (Å²) in [6.07, 6.45) is 2.45. The Morgan fingerprint density at radius 1 is 1.44 bits per heavy atom. The highest BCUT2D eigenvalue weighted by Gasteiger charge is 2.27. The van der Waals surface area contributed by atoms with Gasteiger partial charge < -0.3 is 15.4 Å². The Kier molecular flexibility index (Phi) is 3.71. The summed E-state index contributed by atoms with van der Waals surface area (Å²) in [7, 11) is 1.64. The summed E-state index contributed by atoms with van der Waals surface area (Å²) in [4.78, 5) is 11.0. The summed E-state index contributed by atoms with van der Waals surface area (Å²) in [5, 5.41) is 0. The molecule has 1 aromatic heterocycles. The van der Waals surface area contributed by atoms with Crippen molar-refractivity contribution in [1.82, 2.24) is 9.97 Å².